The highest BCUT2D eigenvalue weighted by molar-refractivity contribution is 7.45. The predicted octanol–water partition coefficient (Wildman–Crippen LogP) is 10.3. The van der Waals surface area contributed by atoms with Crippen LogP contribution < -0.4 is 10.2 Å². The van der Waals surface area contributed by atoms with Gasteiger partial charge in [0.1, 0.15) is 13.2 Å². The SMILES string of the molecule is CCCCCCCC/C=C\CCCCCCCCCC(=O)N[C@@H](COP(=O)([O-])OCC[N+](C)(C)C)[C@H](O)/C=C/CCCCCCCCCCC. The molecule has 2 N–H and O–H groups in total. The van der Waals surface area contributed by atoms with E-state index in [0.29, 0.717) is 17.4 Å². The average molecular weight is 729 g/mol. The minimum Gasteiger partial charge on any atom is -0.756 e. The summed E-state index contributed by atoms with van der Waals surface area (Å²) in [6.45, 7) is 4.61. The quantitative estimate of drug-likeness (QED) is 0.0285. The summed E-state index contributed by atoms with van der Waals surface area (Å²) >= 11 is 0. The highest BCUT2D eigenvalue weighted by Crippen LogP contribution is 2.38. The number of quaternary nitrogens is 1. The van der Waals surface area contributed by atoms with Gasteiger partial charge in [-0.2, -0.15) is 0 Å². The van der Waals surface area contributed by atoms with Crippen molar-refractivity contribution in [1.82, 2.24) is 5.32 Å². The van der Waals surface area contributed by atoms with Gasteiger partial charge in [0.2, 0.25) is 5.91 Å². The van der Waals surface area contributed by atoms with Crippen LogP contribution in [0.4, 0.5) is 0 Å². The van der Waals surface area contributed by atoms with Crippen LogP contribution in [0.2, 0.25) is 0 Å². The number of nitrogens with zero attached hydrogens (tertiary/aromatic N) is 1. The first kappa shape index (κ1) is 49.0. The molecule has 0 bridgehead atoms. The van der Waals surface area contributed by atoms with Crippen molar-refractivity contribution < 1.29 is 32.9 Å². The van der Waals surface area contributed by atoms with Crippen LogP contribution in [-0.4, -0.2) is 68.5 Å². The third-order valence-electron chi connectivity index (χ3n) is 9.16. The van der Waals surface area contributed by atoms with Crippen molar-refractivity contribution in [3.63, 3.8) is 0 Å². The molecule has 1 amide bonds. The maximum absolute atomic E-state index is 12.8. The van der Waals surface area contributed by atoms with Gasteiger partial charge in [-0.05, 0) is 44.9 Å². The Hall–Kier alpha value is -1.02. The Morgan fingerprint density at radius 2 is 1.10 bits per heavy atom. The van der Waals surface area contributed by atoms with E-state index in [0.717, 1.165) is 38.5 Å². The molecule has 8 nitrogen and oxygen atoms in total. The van der Waals surface area contributed by atoms with E-state index in [1.54, 1.807) is 6.08 Å². The van der Waals surface area contributed by atoms with Crippen LogP contribution in [0.1, 0.15) is 181 Å². The average Bonchev–Trinajstić information content (AvgIpc) is 3.06. The van der Waals surface area contributed by atoms with E-state index in [1.807, 2.05) is 27.2 Å². The number of allylic oxidation sites excluding steroid dienone is 3. The number of amides is 1. The number of phosphoric ester groups is 1. The zero-order valence-electron chi connectivity index (χ0n) is 33.4. The van der Waals surface area contributed by atoms with Gasteiger partial charge in [-0.25, -0.2) is 0 Å². The molecule has 0 heterocycles. The topological polar surface area (TPSA) is 108 Å². The van der Waals surface area contributed by atoms with Crippen LogP contribution in [0.3, 0.4) is 0 Å². The van der Waals surface area contributed by atoms with Gasteiger partial charge in [0, 0.05) is 6.42 Å². The molecule has 0 aromatic rings. The number of aliphatic hydroxyl groups is 1. The van der Waals surface area contributed by atoms with Gasteiger partial charge in [0.05, 0.1) is 39.9 Å². The molecule has 1 unspecified atom stereocenters. The first-order valence-corrected chi connectivity index (χ1v) is 22.2. The maximum Gasteiger partial charge on any atom is 0.268 e. The van der Waals surface area contributed by atoms with E-state index in [4.69, 9.17) is 9.05 Å². The van der Waals surface area contributed by atoms with E-state index >= 15 is 0 Å². The number of carbonyl (C=O) groups is 1. The molecule has 0 spiro atoms. The molecule has 0 aliphatic rings. The zero-order chi connectivity index (χ0) is 37.2. The van der Waals surface area contributed by atoms with Crippen molar-refractivity contribution in [3.05, 3.63) is 24.3 Å². The fourth-order valence-corrected chi connectivity index (χ4v) is 6.52. The summed E-state index contributed by atoms with van der Waals surface area (Å²) in [4.78, 5) is 25.2. The molecule has 0 radical (unpaired) electrons. The molecule has 296 valence electrons. The third-order valence-corrected chi connectivity index (χ3v) is 10.1. The minimum absolute atomic E-state index is 0.00113. The highest BCUT2D eigenvalue weighted by atomic mass is 31.2. The molecule has 0 aromatic carbocycles. The van der Waals surface area contributed by atoms with Crippen LogP contribution in [0.15, 0.2) is 24.3 Å². The van der Waals surface area contributed by atoms with Crippen LogP contribution >= 0.6 is 7.82 Å². The molecule has 9 heteroatoms. The van der Waals surface area contributed by atoms with E-state index < -0.39 is 20.0 Å². The summed E-state index contributed by atoms with van der Waals surface area (Å²) in [5, 5.41) is 13.7. The van der Waals surface area contributed by atoms with Gasteiger partial charge in [-0.15, -0.1) is 0 Å². The van der Waals surface area contributed by atoms with Gasteiger partial charge < -0.3 is 28.8 Å². The second-order valence-corrected chi connectivity index (χ2v) is 16.8. The lowest BCUT2D eigenvalue weighted by molar-refractivity contribution is -0.870. The van der Waals surface area contributed by atoms with Gasteiger partial charge in [0.25, 0.3) is 7.82 Å². The van der Waals surface area contributed by atoms with Crippen molar-refractivity contribution in [3.8, 4) is 0 Å². The molecule has 0 aliphatic heterocycles. The lowest BCUT2D eigenvalue weighted by atomic mass is 10.1. The maximum atomic E-state index is 12.8. The molecular formula is C41H81N2O6P. The summed E-state index contributed by atoms with van der Waals surface area (Å²) in [6.07, 6.45) is 37.9. The smallest absolute Gasteiger partial charge is 0.268 e. The van der Waals surface area contributed by atoms with Crippen LogP contribution in [-0.2, 0) is 18.4 Å². The highest BCUT2D eigenvalue weighted by Gasteiger charge is 2.23. The van der Waals surface area contributed by atoms with Gasteiger partial charge in [-0.3, -0.25) is 9.36 Å². The molecule has 0 rings (SSSR count). The Kier molecular flexibility index (Phi) is 33.1. The molecule has 0 saturated heterocycles. The Balaban J connectivity index is 4.43. The molecule has 0 aliphatic carbocycles. The summed E-state index contributed by atoms with van der Waals surface area (Å²) in [5.41, 5.74) is 0. The van der Waals surface area contributed by atoms with Gasteiger partial charge >= 0.3 is 0 Å². The predicted molar refractivity (Wildman–Crippen MR) is 210 cm³/mol. The number of hydrogen-bond acceptors (Lipinski definition) is 6. The monoisotopic (exact) mass is 729 g/mol. The molecular weight excluding hydrogens is 647 g/mol. The van der Waals surface area contributed by atoms with Crippen LogP contribution in [0.25, 0.3) is 0 Å². The molecule has 0 saturated carbocycles. The first-order valence-electron chi connectivity index (χ1n) is 20.7. The minimum atomic E-state index is -4.58. The van der Waals surface area contributed by atoms with Crippen molar-refractivity contribution in [1.29, 1.82) is 0 Å². The van der Waals surface area contributed by atoms with Crippen LogP contribution in [0.5, 0.6) is 0 Å². The summed E-state index contributed by atoms with van der Waals surface area (Å²) in [6, 6.07) is -0.883. The Bertz CT molecular complexity index is 876. The number of nitrogens with one attached hydrogen (secondary N) is 1. The molecule has 0 fully saturated rings. The van der Waals surface area contributed by atoms with Crippen LogP contribution in [0, 0.1) is 0 Å². The van der Waals surface area contributed by atoms with E-state index in [1.165, 1.54) is 122 Å². The largest absolute Gasteiger partial charge is 0.756 e. The zero-order valence-corrected chi connectivity index (χ0v) is 34.2. The van der Waals surface area contributed by atoms with Crippen molar-refractivity contribution in [2.24, 2.45) is 0 Å². The number of carbonyl (C=O) groups excluding carboxylic acids is 1. The number of aliphatic hydroxyl groups excluding tert-OH is 1. The lowest BCUT2D eigenvalue weighted by Crippen LogP contribution is -2.45. The number of rotatable bonds is 37. The van der Waals surface area contributed by atoms with Crippen molar-refractivity contribution >= 4 is 13.7 Å². The van der Waals surface area contributed by atoms with Crippen molar-refractivity contribution in [2.45, 2.75) is 193 Å². The molecule has 0 aromatic heterocycles. The van der Waals surface area contributed by atoms with E-state index in [-0.39, 0.29) is 19.1 Å². The lowest BCUT2D eigenvalue weighted by Gasteiger charge is -2.29. The van der Waals surface area contributed by atoms with Crippen molar-refractivity contribution in [2.75, 3.05) is 40.9 Å². The third kappa shape index (κ3) is 35.4. The number of unbranched alkanes of at least 4 members (excludes halogenated alkanes) is 22. The Morgan fingerprint density at radius 3 is 1.56 bits per heavy atom. The van der Waals surface area contributed by atoms with E-state index in [2.05, 4.69) is 31.3 Å². The fraction of sp³-hybridized carbons (Fsp3) is 0.878. The summed E-state index contributed by atoms with van der Waals surface area (Å²) < 4.78 is 23.1. The Labute approximate surface area is 309 Å². The summed E-state index contributed by atoms with van der Waals surface area (Å²) in [7, 11) is 1.26. The Morgan fingerprint density at radius 1 is 0.680 bits per heavy atom. The number of likely N-dealkylation sites (N-methyl/N-ethyl adjacent to an activating group) is 1. The number of phosphoric acid groups is 1. The second kappa shape index (κ2) is 33.8. The fourth-order valence-electron chi connectivity index (χ4n) is 5.79. The standard InChI is InChI=1S/C41H81N2O6P/c1-6-8-10-12-14-16-18-19-20-21-22-23-25-27-29-31-33-35-41(45)42-39(38-49-50(46,47)48-37-36-43(3,4)5)40(44)34-32-30-28-26-24-17-15-13-11-9-7-2/h19-20,32,34,39-40,44H,6-18,21-31,33,35-38H2,1-5H3,(H-,42,45,46,47)/b20-19-,34-32+/t39-,40+/m0/s1. The second-order valence-electron chi connectivity index (χ2n) is 15.3. The van der Waals surface area contributed by atoms with Gasteiger partial charge in [-0.1, -0.05) is 154 Å². The van der Waals surface area contributed by atoms with Gasteiger partial charge in [0.15, 0.2) is 0 Å². The molecule has 50 heavy (non-hydrogen) atoms. The molecule has 3 atom stereocenters. The summed E-state index contributed by atoms with van der Waals surface area (Å²) in [5.74, 6) is -0.204. The first-order chi connectivity index (χ1) is 24.0. The normalized spacial score (nSPS) is 14.8. The van der Waals surface area contributed by atoms with E-state index in [9.17, 15) is 19.4 Å². The number of hydrogen-bond donors (Lipinski definition) is 2.